The molecule has 5 heteroatoms. The molecule has 4 nitrogen and oxygen atoms in total. The summed E-state index contributed by atoms with van der Waals surface area (Å²) in [5.41, 5.74) is 0. The summed E-state index contributed by atoms with van der Waals surface area (Å²) >= 11 is 1.95. The van der Waals surface area contributed by atoms with Gasteiger partial charge in [-0.15, -0.1) is 0 Å². The standard InChI is InChI=1S/C6H10N2O2.Pt/c1-10-6(9)5-2-4(7)3-8-5;/h4-5,8H,2-3H2,1H3;. The summed E-state index contributed by atoms with van der Waals surface area (Å²) in [6.07, 6.45) is 0.760. The fourth-order valence-electron chi connectivity index (χ4n) is 1.10. The number of rotatable bonds is 2. The average Bonchev–Trinajstić information content (AvgIpc) is 2.50. The van der Waals surface area contributed by atoms with Crippen molar-refractivity contribution in [1.82, 2.24) is 5.32 Å². The molecule has 11 heavy (non-hydrogen) atoms. The van der Waals surface area contributed by atoms with E-state index in [1.54, 1.807) is 0 Å². The predicted molar refractivity (Wildman–Crippen MR) is 34.6 cm³/mol. The van der Waals surface area contributed by atoms with Crippen LogP contribution in [0.2, 0.25) is 0 Å². The van der Waals surface area contributed by atoms with E-state index in [0.29, 0.717) is 0 Å². The second-order valence-electron chi connectivity index (χ2n) is 2.46. The van der Waals surface area contributed by atoms with Crippen LogP contribution in [-0.4, -0.2) is 31.7 Å². The summed E-state index contributed by atoms with van der Waals surface area (Å²) in [5, 5.41) is 3.04. The van der Waals surface area contributed by atoms with Crippen LogP contribution in [0.4, 0.5) is 0 Å². The fourth-order valence-corrected chi connectivity index (χ4v) is 1.55. The van der Waals surface area contributed by atoms with Gasteiger partial charge < -0.3 is 0 Å². The summed E-state index contributed by atoms with van der Waals surface area (Å²) in [7, 11) is 1.40. The molecule has 1 aliphatic rings. The van der Waals surface area contributed by atoms with E-state index in [1.807, 2.05) is 19.6 Å². The van der Waals surface area contributed by atoms with Crippen molar-refractivity contribution in [3.05, 3.63) is 0 Å². The molecule has 0 aromatic carbocycles. The van der Waals surface area contributed by atoms with Gasteiger partial charge in [0.05, 0.1) is 0 Å². The van der Waals surface area contributed by atoms with Crippen LogP contribution >= 0.6 is 0 Å². The molecule has 2 unspecified atom stereocenters. The molecule has 0 radical (unpaired) electrons. The molecule has 1 aliphatic heterocycles. The molecule has 0 aliphatic carbocycles. The van der Waals surface area contributed by atoms with E-state index in [1.165, 1.54) is 7.11 Å². The molecule has 66 valence electrons. The Bertz CT molecular complexity index is 174. The zero-order valence-corrected chi connectivity index (χ0v) is 8.42. The van der Waals surface area contributed by atoms with Crippen LogP contribution in [0, 0.1) is 0 Å². The second-order valence-corrected chi connectivity index (χ2v) is 3.04. The van der Waals surface area contributed by atoms with E-state index in [0.717, 1.165) is 13.0 Å². The van der Waals surface area contributed by atoms with E-state index in [2.05, 4.69) is 13.5 Å². The van der Waals surface area contributed by atoms with Crippen molar-refractivity contribution < 1.29 is 29.2 Å². The molecule has 2 atom stereocenters. The maximum absolute atomic E-state index is 10.9. The number of esters is 1. The SMILES string of the molecule is COC(=O)C1CC([N]=[Pt])CN1. The van der Waals surface area contributed by atoms with Gasteiger partial charge in [0.1, 0.15) is 0 Å². The van der Waals surface area contributed by atoms with Crippen LogP contribution in [0.1, 0.15) is 6.42 Å². The second kappa shape index (κ2) is 4.07. The molecule has 0 amide bonds. The molecule has 1 fully saturated rings. The minimum absolute atomic E-state index is 0.149. The van der Waals surface area contributed by atoms with E-state index >= 15 is 0 Å². The number of ether oxygens (including phenoxy) is 1. The fraction of sp³-hybridized carbons (Fsp3) is 0.833. The monoisotopic (exact) mass is 337 g/mol. The first kappa shape index (κ1) is 9.01. The summed E-state index contributed by atoms with van der Waals surface area (Å²) in [6.45, 7) is 0.781. The number of hydrogen-bond acceptors (Lipinski definition) is 4. The number of methoxy groups -OCH3 is 1. The molecule has 0 bridgehead atoms. The number of nitrogens with one attached hydrogen (secondary N) is 1. The topological polar surface area (TPSA) is 50.7 Å². The van der Waals surface area contributed by atoms with Crippen molar-refractivity contribution in [2.24, 2.45) is 3.50 Å². The van der Waals surface area contributed by atoms with Crippen LogP contribution < -0.4 is 5.32 Å². The predicted octanol–water partition coefficient (Wildman–Crippen LogP) is -0.380. The number of carbonyl (C=O) groups is 1. The van der Waals surface area contributed by atoms with Gasteiger partial charge in [-0.3, -0.25) is 0 Å². The van der Waals surface area contributed by atoms with Crippen molar-refractivity contribution in [3.63, 3.8) is 0 Å². The van der Waals surface area contributed by atoms with E-state index in [-0.39, 0.29) is 18.1 Å². The molecular formula is C6H10N2O2Pt. The average molecular weight is 337 g/mol. The van der Waals surface area contributed by atoms with Crippen molar-refractivity contribution in [1.29, 1.82) is 0 Å². The van der Waals surface area contributed by atoms with Gasteiger partial charge in [-0.1, -0.05) is 0 Å². The Morgan fingerprint density at radius 3 is 3.00 bits per heavy atom. The summed E-state index contributed by atoms with van der Waals surface area (Å²) in [4.78, 5) is 10.9. The molecule has 1 heterocycles. The van der Waals surface area contributed by atoms with Crippen molar-refractivity contribution in [2.75, 3.05) is 13.7 Å². The molecule has 0 saturated carbocycles. The molecule has 1 saturated heterocycles. The first-order valence-electron chi connectivity index (χ1n) is 3.37. The molecular weight excluding hydrogens is 327 g/mol. The van der Waals surface area contributed by atoms with E-state index in [4.69, 9.17) is 0 Å². The van der Waals surface area contributed by atoms with Crippen LogP contribution in [-0.2, 0) is 29.2 Å². The van der Waals surface area contributed by atoms with Gasteiger partial charge in [-0.05, 0) is 0 Å². The van der Waals surface area contributed by atoms with Crippen molar-refractivity contribution >= 4 is 5.97 Å². The van der Waals surface area contributed by atoms with E-state index in [9.17, 15) is 4.79 Å². The zero-order valence-electron chi connectivity index (χ0n) is 6.15. The van der Waals surface area contributed by atoms with Crippen LogP contribution in [0.25, 0.3) is 0 Å². The van der Waals surface area contributed by atoms with Gasteiger partial charge in [0.25, 0.3) is 0 Å². The van der Waals surface area contributed by atoms with Gasteiger partial charge in [0, 0.05) is 0 Å². The minimum atomic E-state index is -0.187. The third kappa shape index (κ3) is 2.17. The number of carbonyl (C=O) groups excluding carboxylic acids is 1. The molecule has 0 aromatic heterocycles. The number of nitrogens with zero attached hydrogens (tertiary/aromatic N) is 1. The quantitative estimate of drug-likeness (QED) is 0.699. The molecule has 1 N–H and O–H groups in total. The first-order valence-corrected chi connectivity index (χ1v) is 4.39. The Morgan fingerprint density at radius 1 is 1.82 bits per heavy atom. The maximum atomic E-state index is 10.9. The Morgan fingerprint density at radius 2 is 2.55 bits per heavy atom. The Balaban J connectivity index is 2.41. The van der Waals surface area contributed by atoms with Gasteiger partial charge >= 0.3 is 76.1 Å². The van der Waals surface area contributed by atoms with Gasteiger partial charge in [-0.2, -0.15) is 0 Å². The van der Waals surface area contributed by atoms with Crippen LogP contribution in [0.3, 0.4) is 0 Å². The summed E-state index contributed by atoms with van der Waals surface area (Å²) in [6, 6.07) is 0.115. The van der Waals surface area contributed by atoms with E-state index < -0.39 is 0 Å². The number of hydrogen-bond donors (Lipinski definition) is 1. The molecule has 1 rings (SSSR count). The zero-order chi connectivity index (χ0) is 8.27. The first-order chi connectivity index (χ1) is 5.27. The summed E-state index contributed by atoms with van der Waals surface area (Å²) < 4.78 is 8.64. The Hall–Kier alpha value is -0.0817. The van der Waals surface area contributed by atoms with Gasteiger partial charge in [0.15, 0.2) is 0 Å². The Kier molecular flexibility index (Phi) is 3.34. The molecule has 0 aromatic rings. The molecule has 0 spiro atoms. The van der Waals surface area contributed by atoms with Crippen molar-refractivity contribution in [2.45, 2.75) is 18.5 Å². The third-order valence-corrected chi connectivity index (χ3v) is 2.54. The van der Waals surface area contributed by atoms with Crippen LogP contribution in [0.15, 0.2) is 3.50 Å². The van der Waals surface area contributed by atoms with Gasteiger partial charge in [0.2, 0.25) is 0 Å². The third-order valence-electron chi connectivity index (χ3n) is 1.71. The van der Waals surface area contributed by atoms with Gasteiger partial charge in [-0.25, -0.2) is 0 Å². The van der Waals surface area contributed by atoms with Crippen LogP contribution in [0.5, 0.6) is 0 Å². The summed E-state index contributed by atoms with van der Waals surface area (Å²) in [5.74, 6) is -0.187. The van der Waals surface area contributed by atoms with Crippen molar-refractivity contribution in [3.8, 4) is 0 Å². The normalized spacial score (nSPS) is 30.1. The Labute approximate surface area is 76.4 Å².